The fourth-order valence-electron chi connectivity index (χ4n) is 0.528. The third-order valence-electron chi connectivity index (χ3n) is 1.74. The molecule has 0 fully saturated rings. The summed E-state index contributed by atoms with van der Waals surface area (Å²) in [6.07, 6.45) is 2.67. The molecule has 6 heteroatoms. The van der Waals surface area contributed by atoms with Gasteiger partial charge in [0.2, 0.25) is 0 Å². The van der Waals surface area contributed by atoms with E-state index in [1.54, 1.807) is 14.2 Å². The van der Waals surface area contributed by atoms with Crippen molar-refractivity contribution in [1.29, 1.82) is 0 Å². The lowest BCUT2D eigenvalue weighted by Gasteiger charge is -2.14. The summed E-state index contributed by atoms with van der Waals surface area (Å²) in [4.78, 5) is 19.9. The first-order chi connectivity index (χ1) is 8.91. The molecule has 0 rings (SSSR count). The molecule has 0 spiro atoms. The second-order valence-corrected chi connectivity index (χ2v) is 4.09. The van der Waals surface area contributed by atoms with Crippen molar-refractivity contribution in [3.8, 4) is 0 Å². The molecule has 0 aliphatic carbocycles. The maximum Gasteiger partial charge on any atom is 0.136 e. The predicted molar refractivity (Wildman–Crippen MR) is 77.3 cm³/mol. The summed E-state index contributed by atoms with van der Waals surface area (Å²) in [5, 5.41) is 16.8. The van der Waals surface area contributed by atoms with Crippen LogP contribution in [0.5, 0.6) is 0 Å². The number of likely N-dealkylation sites (N-methyl/N-ethyl adjacent to an activating group) is 1. The molecular formula is C13H31NO5. The van der Waals surface area contributed by atoms with Gasteiger partial charge in [0.25, 0.3) is 0 Å². The van der Waals surface area contributed by atoms with Crippen LogP contribution in [0.2, 0.25) is 0 Å². The van der Waals surface area contributed by atoms with Crippen LogP contribution in [0.1, 0.15) is 33.6 Å². The number of ether oxygens (including phenoxy) is 1. The normalized spacial score (nSPS) is 10.4. The van der Waals surface area contributed by atoms with Crippen LogP contribution in [0.15, 0.2) is 0 Å². The summed E-state index contributed by atoms with van der Waals surface area (Å²) in [7, 11) is 5.41. The van der Waals surface area contributed by atoms with Crippen molar-refractivity contribution < 1.29 is 24.5 Å². The van der Waals surface area contributed by atoms with Crippen molar-refractivity contribution in [2.24, 2.45) is 0 Å². The first-order valence-corrected chi connectivity index (χ1v) is 5.92. The Balaban J connectivity index is -0.0000000977. The molecule has 0 saturated carbocycles. The van der Waals surface area contributed by atoms with Gasteiger partial charge >= 0.3 is 0 Å². The van der Waals surface area contributed by atoms with E-state index in [1.807, 2.05) is 20.8 Å². The zero-order chi connectivity index (χ0) is 16.3. The molecule has 118 valence electrons. The molecule has 19 heavy (non-hydrogen) atoms. The van der Waals surface area contributed by atoms with E-state index < -0.39 is 0 Å². The average molecular weight is 281 g/mol. The van der Waals surface area contributed by atoms with Gasteiger partial charge in [0, 0.05) is 27.8 Å². The second kappa shape index (κ2) is 22.4. The van der Waals surface area contributed by atoms with E-state index in [0.29, 0.717) is 12.8 Å². The zero-order valence-electron chi connectivity index (χ0n) is 13.3. The van der Waals surface area contributed by atoms with Gasteiger partial charge < -0.3 is 29.9 Å². The van der Waals surface area contributed by atoms with E-state index in [-0.39, 0.29) is 11.6 Å². The Labute approximate surface area is 117 Å². The lowest BCUT2D eigenvalue weighted by atomic mass is 10.2. The highest BCUT2D eigenvalue weighted by Gasteiger charge is 2.04. The Morgan fingerprint density at radius 2 is 1.53 bits per heavy atom. The van der Waals surface area contributed by atoms with Crippen LogP contribution in [0.25, 0.3) is 0 Å². The van der Waals surface area contributed by atoms with Gasteiger partial charge in [-0.15, -0.1) is 0 Å². The van der Waals surface area contributed by atoms with Crippen molar-refractivity contribution >= 4 is 12.6 Å². The van der Waals surface area contributed by atoms with Crippen molar-refractivity contribution in [3.05, 3.63) is 0 Å². The summed E-state index contributed by atoms with van der Waals surface area (Å²) in [5.41, 5.74) is 0.0417. The monoisotopic (exact) mass is 281 g/mol. The molecule has 0 radical (unpaired) electrons. The number of hydrogen-bond acceptors (Lipinski definition) is 6. The van der Waals surface area contributed by atoms with Crippen molar-refractivity contribution in [3.63, 3.8) is 0 Å². The minimum absolute atomic E-state index is 0.0417. The summed E-state index contributed by atoms with van der Waals surface area (Å²) in [6, 6.07) is -0.157. The SMILES string of the molecule is CNC(C=O)CCC=O.CO.CO.COC(C)(C)C. The van der Waals surface area contributed by atoms with Gasteiger partial charge in [-0.1, -0.05) is 0 Å². The number of nitrogens with one attached hydrogen (secondary N) is 1. The number of carbonyl (C=O) groups excluding carboxylic acids is 2. The fraction of sp³-hybridized carbons (Fsp3) is 0.846. The van der Waals surface area contributed by atoms with Crippen molar-refractivity contribution in [1.82, 2.24) is 5.32 Å². The third kappa shape index (κ3) is 38.2. The maximum absolute atomic E-state index is 10.1. The predicted octanol–water partition coefficient (Wildman–Crippen LogP) is 0.401. The van der Waals surface area contributed by atoms with Gasteiger partial charge in [-0.05, 0) is 34.2 Å². The summed E-state index contributed by atoms with van der Waals surface area (Å²) >= 11 is 0. The number of aliphatic hydroxyl groups is 2. The Morgan fingerprint density at radius 1 is 1.16 bits per heavy atom. The highest BCUT2D eigenvalue weighted by molar-refractivity contribution is 5.59. The highest BCUT2D eigenvalue weighted by atomic mass is 16.5. The summed E-state index contributed by atoms with van der Waals surface area (Å²) < 4.78 is 4.94. The van der Waals surface area contributed by atoms with Gasteiger partial charge in [-0.25, -0.2) is 0 Å². The number of rotatable bonds is 5. The van der Waals surface area contributed by atoms with Crippen molar-refractivity contribution in [2.75, 3.05) is 28.4 Å². The van der Waals surface area contributed by atoms with E-state index in [0.717, 1.165) is 26.8 Å². The first-order valence-electron chi connectivity index (χ1n) is 5.92. The van der Waals surface area contributed by atoms with Gasteiger partial charge in [0.05, 0.1) is 11.6 Å². The zero-order valence-corrected chi connectivity index (χ0v) is 13.3. The van der Waals surface area contributed by atoms with Crippen LogP contribution < -0.4 is 5.32 Å². The molecule has 0 bridgehead atoms. The van der Waals surface area contributed by atoms with Crippen LogP contribution in [0.4, 0.5) is 0 Å². The molecular weight excluding hydrogens is 250 g/mol. The van der Waals surface area contributed by atoms with E-state index >= 15 is 0 Å². The van der Waals surface area contributed by atoms with Crippen LogP contribution in [0, 0.1) is 0 Å². The van der Waals surface area contributed by atoms with Crippen LogP contribution in [0.3, 0.4) is 0 Å². The van der Waals surface area contributed by atoms with Crippen LogP contribution >= 0.6 is 0 Å². The minimum atomic E-state index is -0.157. The van der Waals surface area contributed by atoms with E-state index in [1.165, 1.54) is 0 Å². The minimum Gasteiger partial charge on any atom is -0.400 e. The largest absolute Gasteiger partial charge is 0.400 e. The standard InChI is InChI=1S/C6H11NO2.C5H12O.2CH4O/c1-7-6(5-9)3-2-4-8;1-5(2,3)6-4;2*1-2/h4-7H,2-3H2,1H3;1-4H3;2*2H,1H3. The Bertz CT molecular complexity index is 169. The molecule has 0 heterocycles. The third-order valence-corrected chi connectivity index (χ3v) is 1.74. The Morgan fingerprint density at radius 3 is 1.68 bits per heavy atom. The molecule has 0 aliphatic heterocycles. The van der Waals surface area contributed by atoms with Gasteiger partial charge in [0.15, 0.2) is 0 Å². The van der Waals surface area contributed by atoms with Crippen molar-refractivity contribution in [2.45, 2.75) is 45.3 Å². The Hall–Kier alpha value is -0.820. The first kappa shape index (κ1) is 26.7. The number of aliphatic hydroxyl groups excluding tert-OH is 2. The van der Waals surface area contributed by atoms with Crippen LogP contribution in [-0.4, -0.2) is 62.8 Å². The average Bonchev–Trinajstić information content (AvgIpc) is 2.44. The van der Waals surface area contributed by atoms with Gasteiger partial charge in [-0.3, -0.25) is 0 Å². The van der Waals surface area contributed by atoms with E-state index in [9.17, 15) is 9.59 Å². The number of carbonyl (C=O) groups is 2. The number of aldehydes is 2. The number of methoxy groups -OCH3 is 1. The molecule has 0 aliphatic rings. The van der Waals surface area contributed by atoms with E-state index in [4.69, 9.17) is 14.9 Å². The molecule has 0 aromatic rings. The summed E-state index contributed by atoms with van der Waals surface area (Å²) in [5.74, 6) is 0. The van der Waals surface area contributed by atoms with Gasteiger partial charge in [-0.2, -0.15) is 0 Å². The molecule has 0 aromatic carbocycles. The Kier molecular flexibility index (Phi) is 31.4. The maximum atomic E-state index is 10.1. The molecule has 1 unspecified atom stereocenters. The second-order valence-electron chi connectivity index (χ2n) is 4.09. The molecule has 6 nitrogen and oxygen atoms in total. The molecule has 0 saturated heterocycles. The van der Waals surface area contributed by atoms with E-state index in [2.05, 4.69) is 5.32 Å². The molecule has 3 N–H and O–H groups in total. The quantitative estimate of drug-likeness (QED) is 0.631. The van der Waals surface area contributed by atoms with Gasteiger partial charge in [0.1, 0.15) is 12.6 Å². The number of hydrogen-bond donors (Lipinski definition) is 3. The molecule has 1 atom stereocenters. The molecule has 0 amide bonds. The fourth-order valence-corrected chi connectivity index (χ4v) is 0.528. The molecule has 0 aromatic heterocycles. The smallest absolute Gasteiger partial charge is 0.136 e. The lowest BCUT2D eigenvalue weighted by Crippen LogP contribution is -2.26. The summed E-state index contributed by atoms with van der Waals surface area (Å²) in [6.45, 7) is 6.06. The van der Waals surface area contributed by atoms with Crippen LogP contribution in [-0.2, 0) is 14.3 Å². The highest BCUT2D eigenvalue weighted by Crippen LogP contribution is 2.02. The topological polar surface area (TPSA) is 95.9 Å². The lowest BCUT2D eigenvalue weighted by molar-refractivity contribution is -0.110.